The van der Waals surface area contributed by atoms with Crippen molar-refractivity contribution in [3.8, 4) is 56.4 Å². The SMILES string of the molecule is c1ccc(-c2cccc(-c3nc(-c4ccccc4)nc(-c4ccc5c(sc6c5ccc5ccc7ccccc7c56)c4-c4ccccc4)n3)c2)cc1. The zero-order valence-electron chi connectivity index (χ0n) is 27.5. The van der Waals surface area contributed by atoms with E-state index in [-0.39, 0.29) is 0 Å². The number of rotatable bonds is 5. The minimum absolute atomic E-state index is 0.643. The second-order valence-corrected chi connectivity index (χ2v) is 13.8. The molecule has 0 bridgehead atoms. The lowest BCUT2D eigenvalue weighted by atomic mass is 9.95. The lowest BCUT2D eigenvalue weighted by Crippen LogP contribution is -2.01. The third kappa shape index (κ3) is 5.08. The number of thiophene rings is 1. The minimum Gasteiger partial charge on any atom is -0.208 e. The highest BCUT2D eigenvalue weighted by Gasteiger charge is 2.21. The summed E-state index contributed by atoms with van der Waals surface area (Å²) in [6, 6.07) is 62.0. The molecule has 0 unspecified atom stereocenters. The summed E-state index contributed by atoms with van der Waals surface area (Å²) in [7, 11) is 0. The van der Waals surface area contributed by atoms with Crippen LogP contribution in [0, 0.1) is 0 Å². The van der Waals surface area contributed by atoms with Gasteiger partial charge in [0, 0.05) is 47.8 Å². The van der Waals surface area contributed by atoms with Gasteiger partial charge in [0.05, 0.1) is 0 Å². The van der Waals surface area contributed by atoms with Crippen LogP contribution in [-0.2, 0) is 0 Å². The highest BCUT2D eigenvalue weighted by atomic mass is 32.1. The van der Waals surface area contributed by atoms with Crippen LogP contribution in [0.1, 0.15) is 0 Å². The van der Waals surface area contributed by atoms with Gasteiger partial charge in [-0.1, -0.05) is 164 Å². The van der Waals surface area contributed by atoms with E-state index in [1.165, 1.54) is 41.7 Å². The molecule has 0 aliphatic carbocycles. The van der Waals surface area contributed by atoms with Crippen molar-refractivity contribution in [1.82, 2.24) is 15.0 Å². The van der Waals surface area contributed by atoms with E-state index in [0.29, 0.717) is 17.5 Å². The Hall–Kier alpha value is -6.49. The molecule has 0 aliphatic rings. The number of aromatic nitrogens is 3. The van der Waals surface area contributed by atoms with E-state index < -0.39 is 0 Å². The van der Waals surface area contributed by atoms with Crippen molar-refractivity contribution in [2.24, 2.45) is 0 Å². The average Bonchev–Trinajstić information content (AvgIpc) is 3.60. The second kappa shape index (κ2) is 12.1. The number of hydrogen-bond donors (Lipinski definition) is 0. The molecule has 0 saturated carbocycles. The van der Waals surface area contributed by atoms with Crippen LogP contribution in [0.2, 0.25) is 0 Å². The molecule has 51 heavy (non-hydrogen) atoms. The van der Waals surface area contributed by atoms with E-state index in [1.54, 1.807) is 0 Å². The summed E-state index contributed by atoms with van der Waals surface area (Å²) < 4.78 is 2.52. The van der Waals surface area contributed by atoms with Gasteiger partial charge in [0.1, 0.15) is 0 Å². The summed E-state index contributed by atoms with van der Waals surface area (Å²) >= 11 is 1.87. The van der Waals surface area contributed by atoms with Crippen LogP contribution in [0.4, 0.5) is 0 Å². The van der Waals surface area contributed by atoms with Crippen LogP contribution in [0.5, 0.6) is 0 Å². The maximum absolute atomic E-state index is 5.25. The van der Waals surface area contributed by atoms with Gasteiger partial charge in [0.15, 0.2) is 17.5 Å². The predicted molar refractivity (Wildman–Crippen MR) is 215 cm³/mol. The van der Waals surface area contributed by atoms with Crippen LogP contribution < -0.4 is 0 Å². The number of benzene rings is 8. The van der Waals surface area contributed by atoms with E-state index >= 15 is 0 Å². The van der Waals surface area contributed by atoms with Crippen LogP contribution in [0.25, 0.3) is 98.1 Å². The smallest absolute Gasteiger partial charge is 0.164 e. The molecule has 0 aliphatic heterocycles. The molecule has 4 heteroatoms. The normalized spacial score (nSPS) is 11.5. The summed E-state index contributed by atoms with van der Waals surface area (Å²) in [6.45, 7) is 0. The molecule has 2 aromatic heterocycles. The molecule has 0 saturated heterocycles. The topological polar surface area (TPSA) is 38.7 Å². The molecule has 0 atom stereocenters. The van der Waals surface area contributed by atoms with Gasteiger partial charge in [-0.05, 0) is 45.0 Å². The molecule has 0 spiro atoms. The standard InChI is InChI=1S/C47H29N3S/c1-4-13-30(14-5-1)35-20-12-21-36(29-35)46-48-45(34-18-8-3-9-19-34)49-47(50-46)40-28-27-39-38-26-25-33-24-23-31-15-10-11-22-37(31)41(33)43(38)51-44(39)42(40)32-16-6-2-7-17-32/h1-29H. The minimum atomic E-state index is 0.643. The first-order chi connectivity index (χ1) is 25.3. The number of hydrogen-bond acceptors (Lipinski definition) is 4. The van der Waals surface area contributed by atoms with E-state index in [4.69, 9.17) is 15.0 Å². The van der Waals surface area contributed by atoms with Crippen LogP contribution >= 0.6 is 11.3 Å². The summed E-state index contributed by atoms with van der Waals surface area (Å²) in [6.07, 6.45) is 0. The highest BCUT2D eigenvalue weighted by Crippen LogP contribution is 2.47. The maximum atomic E-state index is 5.25. The fraction of sp³-hybridized carbons (Fsp3) is 0. The molecule has 10 aromatic rings. The third-order valence-electron chi connectivity index (χ3n) is 9.71. The summed E-state index contributed by atoms with van der Waals surface area (Å²) in [5.74, 6) is 1.94. The molecule has 0 N–H and O–H groups in total. The molecule has 238 valence electrons. The molecular weight excluding hydrogens is 639 g/mol. The fourth-order valence-electron chi connectivity index (χ4n) is 7.27. The Morgan fingerprint density at radius 2 is 0.882 bits per heavy atom. The Morgan fingerprint density at radius 3 is 1.67 bits per heavy atom. The third-order valence-corrected chi connectivity index (χ3v) is 11.0. The van der Waals surface area contributed by atoms with Crippen LogP contribution in [0.15, 0.2) is 176 Å². The summed E-state index contributed by atoms with van der Waals surface area (Å²) in [5.41, 5.74) is 7.41. The molecule has 0 fully saturated rings. The molecular formula is C47H29N3S. The van der Waals surface area contributed by atoms with Gasteiger partial charge in [0.25, 0.3) is 0 Å². The predicted octanol–water partition coefficient (Wildman–Crippen LogP) is 12.9. The first-order valence-electron chi connectivity index (χ1n) is 17.1. The monoisotopic (exact) mass is 667 g/mol. The van der Waals surface area contributed by atoms with Crippen molar-refractivity contribution in [3.05, 3.63) is 176 Å². The Kier molecular flexibility index (Phi) is 7.00. The quantitative estimate of drug-likeness (QED) is 0.171. The lowest BCUT2D eigenvalue weighted by molar-refractivity contribution is 1.07. The lowest BCUT2D eigenvalue weighted by Gasteiger charge is -2.13. The zero-order valence-corrected chi connectivity index (χ0v) is 28.3. The van der Waals surface area contributed by atoms with Gasteiger partial charge >= 0.3 is 0 Å². The maximum Gasteiger partial charge on any atom is 0.164 e. The summed E-state index contributed by atoms with van der Waals surface area (Å²) in [5, 5.41) is 7.59. The van der Waals surface area contributed by atoms with Gasteiger partial charge in [-0.25, -0.2) is 15.0 Å². The van der Waals surface area contributed by atoms with Gasteiger partial charge in [-0.15, -0.1) is 11.3 Å². The Bertz CT molecular complexity index is 2900. The number of nitrogens with zero attached hydrogens (tertiary/aromatic N) is 3. The van der Waals surface area contributed by atoms with E-state index in [9.17, 15) is 0 Å². The van der Waals surface area contributed by atoms with Gasteiger partial charge in [-0.2, -0.15) is 0 Å². The van der Waals surface area contributed by atoms with E-state index in [0.717, 1.165) is 38.9 Å². The molecule has 8 aromatic carbocycles. The fourth-order valence-corrected chi connectivity index (χ4v) is 8.71. The second-order valence-electron chi connectivity index (χ2n) is 12.8. The van der Waals surface area contributed by atoms with Gasteiger partial charge in [0.2, 0.25) is 0 Å². The van der Waals surface area contributed by atoms with Crippen LogP contribution in [-0.4, -0.2) is 15.0 Å². The molecule has 2 heterocycles. The van der Waals surface area contributed by atoms with Crippen molar-refractivity contribution in [1.29, 1.82) is 0 Å². The Labute approximate surface area is 299 Å². The van der Waals surface area contributed by atoms with Crippen LogP contribution in [0.3, 0.4) is 0 Å². The van der Waals surface area contributed by atoms with Crippen molar-refractivity contribution in [3.63, 3.8) is 0 Å². The molecule has 10 rings (SSSR count). The Morgan fingerprint density at radius 1 is 0.333 bits per heavy atom. The van der Waals surface area contributed by atoms with Gasteiger partial charge < -0.3 is 0 Å². The molecule has 0 amide bonds. The molecule has 3 nitrogen and oxygen atoms in total. The van der Waals surface area contributed by atoms with Crippen molar-refractivity contribution in [2.75, 3.05) is 0 Å². The average molecular weight is 668 g/mol. The number of fused-ring (bicyclic) bond motifs is 7. The van der Waals surface area contributed by atoms with Crippen molar-refractivity contribution in [2.45, 2.75) is 0 Å². The largest absolute Gasteiger partial charge is 0.208 e. The first-order valence-corrected chi connectivity index (χ1v) is 17.9. The first kappa shape index (κ1) is 29.4. The van der Waals surface area contributed by atoms with E-state index in [1.807, 2.05) is 35.6 Å². The van der Waals surface area contributed by atoms with Crippen molar-refractivity contribution < 1.29 is 0 Å². The molecule has 0 radical (unpaired) electrons. The Balaban J connectivity index is 1.26. The van der Waals surface area contributed by atoms with Gasteiger partial charge in [-0.3, -0.25) is 0 Å². The van der Waals surface area contributed by atoms with E-state index in [2.05, 4.69) is 152 Å². The highest BCUT2D eigenvalue weighted by molar-refractivity contribution is 7.27. The summed E-state index contributed by atoms with van der Waals surface area (Å²) in [4.78, 5) is 15.5. The van der Waals surface area contributed by atoms with Crippen molar-refractivity contribution >= 4 is 53.1 Å². The zero-order chi connectivity index (χ0) is 33.7.